The smallest absolute Gasteiger partial charge is 0.346 e. The molecule has 2 N–H and O–H groups in total. The van der Waals surface area contributed by atoms with Gasteiger partial charge in [-0.25, -0.2) is 4.79 Å². The number of anilines is 3. The number of urea groups is 1. The number of para-hydroxylation sites is 1. The first-order valence-corrected chi connectivity index (χ1v) is 8.73. The molecule has 0 aromatic heterocycles. The maximum absolute atomic E-state index is 11.6. The van der Waals surface area contributed by atoms with Gasteiger partial charge >= 0.3 is 6.03 Å². The monoisotopic (exact) mass is 392 g/mol. The van der Waals surface area contributed by atoms with Gasteiger partial charge in [0.25, 0.3) is 0 Å². The molecule has 0 unspecified atom stereocenters. The van der Waals surface area contributed by atoms with Gasteiger partial charge in [-0.2, -0.15) is 5.32 Å². The summed E-state index contributed by atoms with van der Waals surface area (Å²) in [6, 6.07) is 21.7. The van der Waals surface area contributed by atoms with E-state index in [1.807, 2.05) is 60.7 Å². The van der Waals surface area contributed by atoms with E-state index in [1.54, 1.807) is 0 Å². The number of hydrogen-bond acceptors (Lipinski definition) is 2. The van der Waals surface area contributed by atoms with E-state index in [9.17, 15) is 4.79 Å². The Morgan fingerprint density at radius 1 is 0.960 bits per heavy atom. The number of nitrogens with zero attached hydrogens (tertiary/aromatic N) is 1. The van der Waals surface area contributed by atoms with E-state index in [4.69, 9.17) is 0 Å². The van der Waals surface area contributed by atoms with Crippen LogP contribution in [-0.4, -0.2) is 6.03 Å². The topological polar surface area (TPSA) is 55.2 Å². The molecular weight excluding hydrogens is 378 g/mol. The minimum Gasteiger partial charge on any atom is -0.355 e. The van der Waals surface area contributed by atoms with Crippen LogP contribution in [0.1, 0.15) is 11.1 Å². The first-order valence-electron chi connectivity index (χ1n) is 7.94. The molecule has 0 saturated carbocycles. The summed E-state index contributed by atoms with van der Waals surface area (Å²) in [5.41, 5.74) is 5.63. The maximum Gasteiger partial charge on any atom is 0.346 e. The second-order valence-electron chi connectivity index (χ2n) is 5.83. The van der Waals surface area contributed by atoms with Gasteiger partial charge in [-0.05, 0) is 41.5 Å². The Morgan fingerprint density at radius 3 is 2.52 bits per heavy atom. The van der Waals surface area contributed by atoms with Gasteiger partial charge in [0.05, 0.1) is 11.4 Å². The van der Waals surface area contributed by atoms with E-state index in [-0.39, 0.29) is 6.03 Å². The maximum atomic E-state index is 11.6. The standard InChI is InChI=1S/C20H15BrN3O/c21-16-9-5-4-6-13(16)10-14-11-18-19(24-20(25)23-18)12-17(14)22-15-7-2-1-3-8-15/h1-9,11-12,22H,10H2,(H,23,25). The van der Waals surface area contributed by atoms with Crippen LogP contribution >= 0.6 is 15.9 Å². The highest BCUT2D eigenvalue weighted by molar-refractivity contribution is 9.10. The lowest BCUT2D eigenvalue weighted by molar-refractivity contribution is 0.256. The van der Waals surface area contributed by atoms with Crippen LogP contribution < -0.4 is 16.0 Å². The van der Waals surface area contributed by atoms with Crippen LogP contribution in [-0.2, 0) is 6.42 Å². The number of carbonyl (C=O) groups is 1. The van der Waals surface area contributed by atoms with Crippen molar-refractivity contribution in [3.05, 3.63) is 82.3 Å². The number of nitrogens with one attached hydrogen (secondary N) is 2. The van der Waals surface area contributed by atoms with E-state index < -0.39 is 0 Å². The third-order valence-corrected chi connectivity index (χ3v) is 4.85. The average molecular weight is 393 g/mol. The summed E-state index contributed by atoms with van der Waals surface area (Å²) >= 11 is 3.61. The first kappa shape index (κ1) is 15.7. The van der Waals surface area contributed by atoms with Crippen molar-refractivity contribution in [1.29, 1.82) is 0 Å². The highest BCUT2D eigenvalue weighted by atomic mass is 79.9. The van der Waals surface area contributed by atoms with Crippen molar-refractivity contribution in [2.45, 2.75) is 6.42 Å². The average Bonchev–Trinajstić information content (AvgIpc) is 2.97. The van der Waals surface area contributed by atoms with Gasteiger partial charge in [-0.3, -0.25) is 0 Å². The first-order chi connectivity index (χ1) is 12.2. The molecule has 1 aliphatic rings. The van der Waals surface area contributed by atoms with Crippen molar-refractivity contribution in [2.24, 2.45) is 0 Å². The zero-order valence-electron chi connectivity index (χ0n) is 13.3. The lowest BCUT2D eigenvalue weighted by atomic mass is 10.0. The summed E-state index contributed by atoms with van der Waals surface area (Å²) in [5.74, 6) is 0. The van der Waals surface area contributed by atoms with Gasteiger partial charge in [0.1, 0.15) is 0 Å². The number of halogens is 1. The van der Waals surface area contributed by atoms with Crippen molar-refractivity contribution in [1.82, 2.24) is 5.32 Å². The molecule has 1 radical (unpaired) electrons. The van der Waals surface area contributed by atoms with Gasteiger partial charge in [0.15, 0.2) is 0 Å². The van der Waals surface area contributed by atoms with Crippen LogP contribution in [0.4, 0.5) is 27.5 Å². The molecule has 1 aliphatic heterocycles. The molecule has 0 aliphatic carbocycles. The fraction of sp³-hybridized carbons (Fsp3) is 0.0500. The van der Waals surface area contributed by atoms with Crippen LogP contribution in [0.2, 0.25) is 0 Å². The molecule has 0 bridgehead atoms. The fourth-order valence-electron chi connectivity index (χ4n) is 2.86. The van der Waals surface area contributed by atoms with Crippen LogP contribution in [0.3, 0.4) is 0 Å². The number of benzene rings is 3. The Kier molecular flexibility index (Phi) is 4.15. The quantitative estimate of drug-likeness (QED) is 0.609. The second kappa shape index (κ2) is 6.61. The predicted octanol–water partition coefficient (Wildman–Crippen LogP) is 5.56. The van der Waals surface area contributed by atoms with E-state index in [2.05, 4.69) is 37.9 Å². The Balaban J connectivity index is 1.74. The highest BCUT2D eigenvalue weighted by Crippen LogP contribution is 2.36. The molecule has 1 heterocycles. The van der Waals surface area contributed by atoms with E-state index >= 15 is 0 Å². The van der Waals surface area contributed by atoms with E-state index in [0.29, 0.717) is 5.69 Å². The van der Waals surface area contributed by atoms with Crippen molar-refractivity contribution in [3.63, 3.8) is 0 Å². The lowest BCUT2D eigenvalue weighted by Gasteiger charge is -2.15. The molecule has 0 fully saturated rings. The van der Waals surface area contributed by atoms with Gasteiger partial charge in [-0.15, -0.1) is 0 Å². The summed E-state index contributed by atoms with van der Waals surface area (Å²) in [4.78, 5) is 11.6. The Bertz CT molecular complexity index is 941. The summed E-state index contributed by atoms with van der Waals surface area (Å²) in [6.07, 6.45) is 0.736. The minimum absolute atomic E-state index is 0.321. The van der Waals surface area contributed by atoms with E-state index in [0.717, 1.165) is 33.5 Å². The second-order valence-corrected chi connectivity index (χ2v) is 6.68. The zero-order chi connectivity index (χ0) is 17.2. The summed E-state index contributed by atoms with van der Waals surface area (Å²) in [7, 11) is 0. The molecule has 5 heteroatoms. The number of rotatable bonds is 4. The van der Waals surface area contributed by atoms with Crippen LogP contribution in [0.15, 0.2) is 71.2 Å². The fourth-order valence-corrected chi connectivity index (χ4v) is 3.29. The van der Waals surface area contributed by atoms with Crippen molar-refractivity contribution < 1.29 is 4.79 Å². The Hall–Kier alpha value is -2.79. The highest BCUT2D eigenvalue weighted by Gasteiger charge is 2.21. The Labute approximate surface area is 154 Å². The molecule has 0 atom stereocenters. The molecule has 0 spiro atoms. The summed E-state index contributed by atoms with van der Waals surface area (Å²) < 4.78 is 1.06. The number of hydrogen-bond donors (Lipinski definition) is 2. The molecule has 4 rings (SSSR count). The number of carbonyl (C=O) groups excluding carboxylic acids is 1. The lowest BCUT2D eigenvalue weighted by Crippen LogP contribution is -2.08. The largest absolute Gasteiger partial charge is 0.355 e. The zero-order valence-corrected chi connectivity index (χ0v) is 14.9. The van der Waals surface area contributed by atoms with Gasteiger partial charge < -0.3 is 10.6 Å². The van der Waals surface area contributed by atoms with Crippen LogP contribution in [0.5, 0.6) is 0 Å². The molecule has 3 aromatic rings. The Morgan fingerprint density at radius 2 is 1.72 bits per heavy atom. The predicted molar refractivity (Wildman–Crippen MR) is 104 cm³/mol. The molecule has 3 aromatic carbocycles. The van der Waals surface area contributed by atoms with Gasteiger partial charge in [-0.1, -0.05) is 52.3 Å². The molecule has 4 nitrogen and oxygen atoms in total. The molecule has 2 amide bonds. The summed E-state index contributed by atoms with van der Waals surface area (Å²) in [5, 5.41) is 10.2. The third kappa shape index (κ3) is 3.37. The van der Waals surface area contributed by atoms with Crippen LogP contribution in [0, 0.1) is 0 Å². The van der Waals surface area contributed by atoms with Crippen molar-refractivity contribution >= 4 is 44.7 Å². The SMILES string of the molecule is O=C1[N]c2cc(Nc3ccccc3)c(Cc3ccccc3Br)cc2N1. The minimum atomic E-state index is -0.321. The number of fused-ring (bicyclic) bond motifs is 1. The molecule has 0 saturated heterocycles. The molecular formula is C20H15BrN3O. The summed E-state index contributed by atoms with van der Waals surface area (Å²) in [6.45, 7) is 0. The number of amides is 2. The van der Waals surface area contributed by atoms with Crippen LogP contribution in [0.25, 0.3) is 0 Å². The molecule has 123 valence electrons. The van der Waals surface area contributed by atoms with Gasteiger partial charge in [0, 0.05) is 22.3 Å². The van der Waals surface area contributed by atoms with Crippen molar-refractivity contribution in [2.75, 3.05) is 10.6 Å². The van der Waals surface area contributed by atoms with E-state index in [1.165, 1.54) is 5.56 Å². The normalized spacial score (nSPS) is 12.3. The van der Waals surface area contributed by atoms with Crippen molar-refractivity contribution in [3.8, 4) is 0 Å². The third-order valence-electron chi connectivity index (χ3n) is 4.08. The van der Waals surface area contributed by atoms with Gasteiger partial charge in [0.2, 0.25) is 0 Å². The molecule has 25 heavy (non-hydrogen) atoms.